The fraction of sp³-hybridized carbons (Fsp3) is 0.778. The molecule has 2 heterocycles. The normalized spacial score (nSPS) is 33.3. The van der Waals surface area contributed by atoms with Gasteiger partial charge in [0, 0.05) is 19.6 Å². The van der Waals surface area contributed by atoms with Crippen LogP contribution >= 0.6 is 0 Å². The number of carbonyl (C=O) groups is 1. The molecule has 0 aromatic carbocycles. The van der Waals surface area contributed by atoms with Crippen molar-refractivity contribution in [2.75, 3.05) is 13.2 Å². The zero-order valence-electron chi connectivity index (χ0n) is 7.75. The SMILES string of the molecule is CC1N=C(CC2CCOC2)NC1=O. The minimum atomic E-state index is -0.197. The summed E-state index contributed by atoms with van der Waals surface area (Å²) in [5.74, 6) is 1.41. The zero-order valence-corrected chi connectivity index (χ0v) is 7.75. The summed E-state index contributed by atoms with van der Waals surface area (Å²) in [6.45, 7) is 3.47. The van der Waals surface area contributed by atoms with E-state index in [0.717, 1.165) is 31.9 Å². The summed E-state index contributed by atoms with van der Waals surface area (Å²) in [5.41, 5.74) is 0. The van der Waals surface area contributed by atoms with Crippen molar-refractivity contribution in [1.29, 1.82) is 0 Å². The van der Waals surface area contributed by atoms with E-state index in [1.54, 1.807) is 0 Å². The Morgan fingerprint density at radius 2 is 2.54 bits per heavy atom. The van der Waals surface area contributed by atoms with Crippen molar-refractivity contribution in [3.05, 3.63) is 0 Å². The predicted octanol–water partition coefficient (Wildman–Crippen LogP) is 0.330. The Hall–Kier alpha value is -0.900. The number of hydrogen-bond donors (Lipinski definition) is 1. The van der Waals surface area contributed by atoms with Crippen LogP contribution in [-0.4, -0.2) is 31.0 Å². The second kappa shape index (κ2) is 3.46. The first-order valence-corrected chi connectivity index (χ1v) is 4.71. The van der Waals surface area contributed by atoms with Gasteiger partial charge in [-0.3, -0.25) is 9.79 Å². The van der Waals surface area contributed by atoms with Crippen molar-refractivity contribution in [2.24, 2.45) is 10.9 Å². The van der Waals surface area contributed by atoms with E-state index in [0.29, 0.717) is 5.92 Å². The van der Waals surface area contributed by atoms with E-state index in [4.69, 9.17) is 4.74 Å². The summed E-state index contributed by atoms with van der Waals surface area (Å²) < 4.78 is 5.25. The van der Waals surface area contributed by atoms with E-state index >= 15 is 0 Å². The Kier molecular flexibility index (Phi) is 2.31. The number of carbonyl (C=O) groups excluding carboxylic acids is 1. The van der Waals surface area contributed by atoms with Crippen LogP contribution in [0, 0.1) is 5.92 Å². The van der Waals surface area contributed by atoms with Gasteiger partial charge in [-0.2, -0.15) is 0 Å². The Morgan fingerprint density at radius 3 is 3.08 bits per heavy atom. The molecule has 1 N–H and O–H groups in total. The van der Waals surface area contributed by atoms with Crippen molar-refractivity contribution in [2.45, 2.75) is 25.8 Å². The monoisotopic (exact) mass is 182 g/mol. The van der Waals surface area contributed by atoms with Crippen LogP contribution in [0.1, 0.15) is 19.8 Å². The first-order chi connectivity index (χ1) is 6.25. The molecule has 4 nitrogen and oxygen atoms in total. The Bertz CT molecular complexity index is 244. The summed E-state index contributed by atoms with van der Waals surface area (Å²) in [6.07, 6.45) is 1.94. The molecule has 0 aromatic heterocycles. The largest absolute Gasteiger partial charge is 0.381 e. The third kappa shape index (κ3) is 1.88. The lowest BCUT2D eigenvalue weighted by Crippen LogP contribution is -2.28. The van der Waals surface area contributed by atoms with Crippen LogP contribution in [0.2, 0.25) is 0 Å². The lowest BCUT2D eigenvalue weighted by Gasteiger charge is -2.05. The second-order valence-electron chi connectivity index (χ2n) is 3.67. The van der Waals surface area contributed by atoms with E-state index in [-0.39, 0.29) is 11.9 Å². The van der Waals surface area contributed by atoms with Gasteiger partial charge in [0.1, 0.15) is 11.9 Å². The molecule has 13 heavy (non-hydrogen) atoms. The Labute approximate surface area is 77.4 Å². The molecule has 1 fully saturated rings. The summed E-state index contributed by atoms with van der Waals surface area (Å²) in [7, 11) is 0. The summed E-state index contributed by atoms with van der Waals surface area (Å²) in [4.78, 5) is 15.3. The minimum Gasteiger partial charge on any atom is -0.381 e. The van der Waals surface area contributed by atoms with E-state index < -0.39 is 0 Å². The van der Waals surface area contributed by atoms with Gasteiger partial charge in [-0.25, -0.2) is 0 Å². The average molecular weight is 182 g/mol. The Balaban J connectivity index is 1.88. The van der Waals surface area contributed by atoms with Crippen LogP contribution in [0.5, 0.6) is 0 Å². The molecule has 2 rings (SSSR count). The van der Waals surface area contributed by atoms with Crippen LogP contribution in [-0.2, 0) is 9.53 Å². The molecule has 0 aliphatic carbocycles. The molecule has 1 amide bonds. The van der Waals surface area contributed by atoms with Gasteiger partial charge in [-0.05, 0) is 19.3 Å². The lowest BCUT2D eigenvalue weighted by atomic mass is 10.0. The predicted molar refractivity (Wildman–Crippen MR) is 48.6 cm³/mol. The van der Waals surface area contributed by atoms with Crippen molar-refractivity contribution in [1.82, 2.24) is 5.32 Å². The van der Waals surface area contributed by atoms with E-state index in [2.05, 4.69) is 10.3 Å². The molecule has 0 saturated carbocycles. The fourth-order valence-electron chi connectivity index (χ4n) is 1.69. The highest BCUT2D eigenvalue weighted by atomic mass is 16.5. The third-order valence-electron chi connectivity index (χ3n) is 2.50. The lowest BCUT2D eigenvalue weighted by molar-refractivity contribution is -0.119. The molecule has 2 aliphatic heterocycles. The number of ether oxygens (including phenoxy) is 1. The van der Waals surface area contributed by atoms with Gasteiger partial charge in [0.2, 0.25) is 5.91 Å². The molecule has 0 bridgehead atoms. The second-order valence-corrected chi connectivity index (χ2v) is 3.67. The molecule has 0 radical (unpaired) electrons. The first-order valence-electron chi connectivity index (χ1n) is 4.71. The standard InChI is InChI=1S/C9H14N2O2/c1-6-9(12)11-8(10-6)4-7-2-3-13-5-7/h6-7H,2-5H2,1H3,(H,10,11,12). The van der Waals surface area contributed by atoms with Crippen LogP contribution in [0.4, 0.5) is 0 Å². The maximum atomic E-state index is 11.1. The quantitative estimate of drug-likeness (QED) is 0.669. The van der Waals surface area contributed by atoms with Crippen molar-refractivity contribution < 1.29 is 9.53 Å². The van der Waals surface area contributed by atoms with Crippen LogP contribution < -0.4 is 5.32 Å². The molecule has 2 atom stereocenters. The van der Waals surface area contributed by atoms with Crippen LogP contribution in [0.25, 0.3) is 0 Å². The molecular formula is C9H14N2O2. The number of aliphatic imine (C=N–C) groups is 1. The Morgan fingerprint density at radius 1 is 1.69 bits per heavy atom. The number of amidine groups is 1. The van der Waals surface area contributed by atoms with Gasteiger partial charge >= 0.3 is 0 Å². The van der Waals surface area contributed by atoms with E-state index in [1.807, 2.05) is 6.92 Å². The van der Waals surface area contributed by atoms with Gasteiger partial charge in [0.25, 0.3) is 0 Å². The van der Waals surface area contributed by atoms with Gasteiger partial charge in [-0.15, -0.1) is 0 Å². The molecule has 1 saturated heterocycles. The fourth-order valence-corrected chi connectivity index (χ4v) is 1.69. The van der Waals surface area contributed by atoms with Crippen molar-refractivity contribution in [3.63, 3.8) is 0 Å². The van der Waals surface area contributed by atoms with Crippen LogP contribution in [0.3, 0.4) is 0 Å². The topological polar surface area (TPSA) is 50.7 Å². The van der Waals surface area contributed by atoms with Gasteiger partial charge in [-0.1, -0.05) is 0 Å². The molecule has 4 heteroatoms. The van der Waals surface area contributed by atoms with Crippen molar-refractivity contribution >= 4 is 11.7 Å². The smallest absolute Gasteiger partial charge is 0.249 e. The van der Waals surface area contributed by atoms with Crippen LogP contribution in [0.15, 0.2) is 4.99 Å². The molecule has 2 unspecified atom stereocenters. The maximum absolute atomic E-state index is 11.1. The third-order valence-corrected chi connectivity index (χ3v) is 2.50. The average Bonchev–Trinajstić information content (AvgIpc) is 2.64. The van der Waals surface area contributed by atoms with E-state index in [9.17, 15) is 4.79 Å². The summed E-state index contributed by atoms with van der Waals surface area (Å²) in [6, 6.07) is -0.197. The zero-order chi connectivity index (χ0) is 9.26. The van der Waals surface area contributed by atoms with Gasteiger partial charge in [0.15, 0.2) is 0 Å². The molecule has 0 aromatic rings. The number of nitrogens with one attached hydrogen (secondary N) is 1. The minimum absolute atomic E-state index is 0.0221. The molecular weight excluding hydrogens is 168 g/mol. The highest BCUT2D eigenvalue weighted by Gasteiger charge is 2.25. The number of hydrogen-bond acceptors (Lipinski definition) is 3. The highest BCUT2D eigenvalue weighted by molar-refractivity contribution is 6.05. The summed E-state index contributed by atoms with van der Waals surface area (Å²) >= 11 is 0. The van der Waals surface area contributed by atoms with E-state index in [1.165, 1.54) is 0 Å². The molecule has 2 aliphatic rings. The van der Waals surface area contributed by atoms with Gasteiger partial charge in [0.05, 0.1) is 0 Å². The highest BCUT2D eigenvalue weighted by Crippen LogP contribution is 2.17. The number of amides is 1. The maximum Gasteiger partial charge on any atom is 0.249 e. The number of rotatable bonds is 2. The number of nitrogens with zero attached hydrogens (tertiary/aromatic N) is 1. The first kappa shape index (κ1) is 8.69. The van der Waals surface area contributed by atoms with Gasteiger partial charge < -0.3 is 10.1 Å². The molecule has 72 valence electrons. The molecule has 0 spiro atoms. The van der Waals surface area contributed by atoms with Crippen molar-refractivity contribution in [3.8, 4) is 0 Å². The summed E-state index contributed by atoms with van der Waals surface area (Å²) in [5, 5.41) is 2.79.